The average molecular weight is 234 g/mol. The first-order valence-electron chi connectivity index (χ1n) is 5.55. The van der Waals surface area contributed by atoms with E-state index in [1.54, 1.807) is 6.07 Å². The number of carboxylic acid groups (broad SMARTS) is 2. The maximum atomic E-state index is 10.9. The predicted octanol–water partition coefficient (Wildman–Crippen LogP) is -0.605. The van der Waals surface area contributed by atoms with Gasteiger partial charge in [0.2, 0.25) is 0 Å². The molecule has 0 aliphatic carbocycles. The Morgan fingerprint density at radius 2 is 1.71 bits per heavy atom. The number of hydrogen-bond acceptors (Lipinski definition) is 4. The molecular weight excluding hydrogens is 220 g/mol. The van der Waals surface area contributed by atoms with Gasteiger partial charge in [0.1, 0.15) is 0 Å². The molecule has 0 aliphatic heterocycles. The fourth-order valence-electron chi connectivity index (χ4n) is 2.04. The molecule has 0 N–H and O–H groups in total. The van der Waals surface area contributed by atoms with E-state index in [-0.39, 0.29) is 5.56 Å². The molecule has 4 nitrogen and oxygen atoms in total. The van der Waals surface area contributed by atoms with E-state index < -0.39 is 17.9 Å². The predicted molar refractivity (Wildman–Crippen MR) is 58.0 cm³/mol. The third-order valence-corrected chi connectivity index (χ3v) is 2.83. The molecule has 4 heteroatoms. The zero-order valence-electron chi connectivity index (χ0n) is 9.86. The minimum absolute atomic E-state index is 0.270. The van der Waals surface area contributed by atoms with Gasteiger partial charge >= 0.3 is 0 Å². The van der Waals surface area contributed by atoms with Crippen LogP contribution in [0.3, 0.4) is 0 Å². The second kappa shape index (κ2) is 5.48. The van der Waals surface area contributed by atoms with Gasteiger partial charge in [0.25, 0.3) is 0 Å². The topological polar surface area (TPSA) is 80.3 Å². The van der Waals surface area contributed by atoms with Crippen LogP contribution in [0.1, 0.15) is 36.5 Å². The van der Waals surface area contributed by atoms with Crippen molar-refractivity contribution in [3.63, 3.8) is 0 Å². The van der Waals surface area contributed by atoms with Crippen LogP contribution in [0.4, 0.5) is 0 Å². The summed E-state index contributed by atoms with van der Waals surface area (Å²) in [6, 6.07) is 5.03. The van der Waals surface area contributed by atoms with E-state index in [0.717, 1.165) is 17.5 Å². The summed E-state index contributed by atoms with van der Waals surface area (Å²) in [5.74, 6) is -4.96. The molecule has 0 spiro atoms. The van der Waals surface area contributed by atoms with E-state index >= 15 is 0 Å². The van der Waals surface area contributed by atoms with Gasteiger partial charge in [0, 0.05) is 0 Å². The van der Waals surface area contributed by atoms with Crippen LogP contribution in [0.2, 0.25) is 0 Å². The third-order valence-electron chi connectivity index (χ3n) is 2.83. The van der Waals surface area contributed by atoms with E-state index in [4.69, 9.17) is 0 Å². The molecule has 0 atom stereocenters. The maximum absolute atomic E-state index is 10.9. The van der Waals surface area contributed by atoms with Crippen molar-refractivity contribution >= 4 is 11.9 Å². The maximum Gasteiger partial charge on any atom is 0.0635 e. The summed E-state index contributed by atoms with van der Waals surface area (Å²) in [6.45, 7) is 3.80. The number of aryl methyl sites for hydroxylation is 1. The molecule has 1 aromatic carbocycles. The Morgan fingerprint density at radius 1 is 1.12 bits per heavy atom. The number of aliphatic carboxylic acids is 2. The highest BCUT2D eigenvalue weighted by atomic mass is 16.4. The van der Waals surface area contributed by atoms with Crippen LogP contribution in [-0.4, -0.2) is 11.9 Å². The lowest BCUT2D eigenvalue weighted by Crippen LogP contribution is -2.42. The number of carboxylic acids is 2. The van der Waals surface area contributed by atoms with Gasteiger partial charge in [-0.3, -0.25) is 0 Å². The first-order chi connectivity index (χ1) is 8.02. The van der Waals surface area contributed by atoms with Crippen molar-refractivity contribution in [2.75, 3.05) is 0 Å². The third kappa shape index (κ3) is 2.64. The number of rotatable bonds is 5. The Morgan fingerprint density at radius 3 is 2.12 bits per heavy atom. The second-order valence-corrected chi connectivity index (χ2v) is 3.76. The van der Waals surface area contributed by atoms with Crippen LogP contribution in [0.25, 0.3) is 0 Å². The minimum Gasteiger partial charge on any atom is -0.549 e. The summed E-state index contributed by atoms with van der Waals surface area (Å²) in [5.41, 5.74) is 1.98. The quantitative estimate of drug-likeness (QED) is 0.637. The molecule has 0 bridgehead atoms. The first-order valence-corrected chi connectivity index (χ1v) is 5.55. The Kier molecular flexibility index (Phi) is 4.26. The molecule has 0 fully saturated rings. The standard InChI is InChI=1S/C13H16O4/c1-3-8-6-5-7-10(9(8)4-2)11(12(14)15)13(16)17/h5-7,11H,3-4H2,1-2H3,(H,14,15)(H,16,17)/p-2. The van der Waals surface area contributed by atoms with Gasteiger partial charge in [-0.05, 0) is 29.5 Å². The van der Waals surface area contributed by atoms with Gasteiger partial charge in [0.05, 0.1) is 17.9 Å². The van der Waals surface area contributed by atoms with Gasteiger partial charge in [0.15, 0.2) is 0 Å². The Bertz CT molecular complexity index is 423. The number of hydrogen-bond donors (Lipinski definition) is 0. The highest BCUT2D eigenvalue weighted by Gasteiger charge is 2.18. The van der Waals surface area contributed by atoms with Crippen molar-refractivity contribution in [1.82, 2.24) is 0 Å². The van der Waals surface area contributed by atoms with E-state index in [1.165, 1.54) is 6.07 Å². The van der Waals surface area contributed by atoms with Gasteiger partial charge < -0.3 is 19.8 Å². The molecule has 0 amide bonds. The molecule has 0 saturated carbocycles. The summed E-state index contributed by atoms with van der Waals surface area (Å²) in [6.07, 6.45) is 1.31. The van der Waals surface area contributed by atoms with Gasteiger partial charge in [-0.15, -0.1) is 0 Å². The lowest BCUT2D eigenvalue weighted by Gasteiger charge is -2.23. The van der Waals surface area contributed by atoms with Crippen molar-refractivity contribution < 1.29 is 19.8 Å². The van der Waals surface area contributed by atoms with Gasteiger partial charge in [-0.1, -0.05) is 32.0 Å². The number of carbonyl (C=O) groups excluding carboxylic acids is 2. The summed E-state index contributed by atoms with van der Waals surface area (Å²) < 4.78 is 0. The second-order valence-electron chi connectivity index (χ2n) is 3.76. The lowest BCUT2D eigenvalue weighted by atomic mass is 9.89. The smallest absolute Gasteiger partial charge is 0.0635 e. The summed E-state index contributed by atoms with van der Waals surface area (Å²) in [7, 11) is 0. The SMILES string of the molecule is CCc1cccc(C(C(=O)[O-])C(=O)[O-])c1CC. The van der Waals surface area contributed by atoms with Gasteiger partial charge in [-0.2, -0.15) is 0 Å². The Balaban J connectivity index is 3.37. The van der Waals surface area contributed by atoms with E-state index in [9.17, 15) is 19.8 Å². The fraction of sp³-hybridized carbons (Fsp3) is 0.385. The van der Waals surface area contributed by atoms with Crippen molar-refractivity contribution in [2.45, 2.75) is 32.6 Å². The lowest BCUT2D eigenvalue weighted by molar-refractivity contribution is -0.326. The van der Waals surface area contributed by atoms with Crippen molar-refractivity contribution in [3.8, 4) is 0 Å². The zero-order chi connectivity index (χ0) is 13.0. The molecule has 0 heterocycles. The molecule has 92 valence electrons. The monoisotopic (exact) mass is 234 g/mol. The normalized spacial score (nSPS) is 10.5. The van der Waals surface area contributed by atoms with Crippen LogP contribution in [0, 0.1) is 0 Å². The van der Waals surface area contributed by atoms with Crippen molar-refractivity contribution in [2.24, 2.45) is 0 Å². The first kappa shape index (κ1) is 13.2. The molecule has 1 aromatic rings. The molecule has 0 saturated heterocycles. The summed E-state index contributed by atoms with van der Waals surface area (Å²) in [5, 5.41) is 21.8. The van der Waals surface area contributed by atoms with Gasteiger partial charge in [-0.25, -0.2) is 0 Å². The Hall–Kier alpha value is -1.84. The van der Waals surface area contributed by atoms with E-state index in [2.05, 4.69) is 0 Å². The number of carbonyl (C=O) groups is 2. The largest absolute Gasteiger partial charge is 0.549 e. The van der Waals surface area contributed by atoms with Crippen LogP contribution in [0.5, 0.6) is 0 Å². The average Bonchev–Trinajstić information content (AvgIpc) is 2.27. The fourth-order valence-corrected chi connectivity index (χ4v) is 2.04. The molecule has 1 rings (SSSR count). The zero-order valence-corrected chi connectivity index (χ0v) is 9.86. The van der Waals surface area contributed by atoms with Crippen molar-refractivity contribution in [3.05, 3.63) is 34.9 Å². The van der Waals surface area contributed by atoms with Crippen molar-refractivity contribution in [1.29, 1.82) is 0 Å². The molecule has 17 heavy (non-hydrogen) atoms. The highest BCUT2D eigenvalue weighted by Crippen LogP contribution is 2.24. The van der Waals surface area contributed by atoms with E-state index in [1.807, 2.05) is 19.9 Å². The molecule has 0 aromatic heterocycles. The molecule has 0 radical (unpaired) electrons. The van der Waals surface area contributed by atoms with Crippen LogP contribution >= 0.6 is 0 Å². The molecule has 0 unspecified atom stereocenters. The summed E-state index contributed by atoms with van der Waals surface area (Å²) >= 11 is 0. The minimum atomic E-state index is -1.70. The number of benzene rings is 1. The molecular formula is C13H14O4-2. The molecule has 0 aliphatic rings. The summed E-state index contributed by atoms with van der Waals surface area (Å²) in [4.78, 5) is 21.8. The van der Waals surface area contributed by atoms with Crippen LogP contribution < -0.4 is 10.2 Å². The van der Waals surface area contributed by atoms with E-state index in [0.29, 0.717) is 6.42 Å². The van der Waals surface area contributed by atoms with Crippen LogP contribution in [0.15, 0.2) is 18.2 Å². The highest BCUT2D eigenvalue weighted by molar-refractivity contribution is 5.97. The van der Waals surface area contributed by atoms with Crippen LogP contribution in [-0.2, 0) is 22.4 Å². The Labute approximate surface area is 99.9 Å².